The first-order chi connectivity index (χ1) is 17.0. The molecule has 36 heavy (non-hydrogen) atoms. The van der Waals surface area contributed by atoms with Crippen LogP contribution < -0.4 is 10.6 Å². The third-order valence-corrected chi connectivity index (χ3v) is 8.15. The zero-order valence-corrected chi connectivity index (χ0v) is 20.6. The minimum atomic E-state index is -4.20. The lowest BCUT2D eigenvalue weighted by Gasteiger charge is -2.70. The number of fused-ring (bicyclic) bond motifs is 1. The molecule has 0 spiro atoms. The summed E-state index contributed by atoms with van der Waals surface area (Å²) in [5.41, 5.74) is 7.47. The molecule has 3 heterocycles. The van der Waals surface area contributed by atoms with Crippen molar-refractivity contribution in [2.45, 2.75) is 82.7 Å². The smallest absolute Gasteiger partial charge is 0.394 e. The number of anilines is 1. The van der Waals surface area contributed by atoms with Gasteiger partial charge in [-0.15, -0.1) is 0 Å². The van der Waals surface area contributed by atoms with Crippen molar-refractivity contribution in [2.24, 2.45) is 16.1 Å². The van der Waals surface area contributed by atoms with E-state index in [9.17, 15) is 13.2 Å². The van der Waals surface area contributed by atoms with Crippen molar-refractivity contribution in [1.82, 2.24) is 19.9 Å². The third-order valence-electron chi connectivity index (χ3n) is 8.15. The van der Waals surface area contributed by atoms with E-state index >= 15 is 0 Å². The SMILES string of the molecule is Cc1nc2nc(N3C[C@H](C)O[C@@H](/C(C=NC4CC4)=C/N)C3)nc(C34CC(C(F)(F)F)(C3)C4)c2nc1C. The Labute approximate surface area is 207 Å². The summed E-state index contributed by atoms with van der Waals surface area (Å²) >= 11 is 0. The molecule has 2 atom stereocenters. The third kappa shape index (κ3) is 3.65. The maximum absolute atomic E-state index is 13.6. The lowest BCUT2D eigenvalue weighted by Crippen LogP contribution is -2.70. The number of rotatable bonds is 5. The van der Waals surface area contributed by atoms with Crippen molar-refractivity contribution in [3.05, 3.63) is 28.9 Å². The molecule has 11 heteroatoms. The molecule has 2 N–H and O–H groups in total. The zero-order valence-electron chi connectivity index (χ0n) is 20.6. The summed E-state index contributed by atoms with van der Waals surface area (Å²) in [5, 5.41) is 0. The van der Waals surface area contributed by atoms with Gasteiger partial charge in [0.2, 0.25) is 5.95 Å². The maximum Gasteiger partial charge on any atom is 0.394 e. The standard InChI is InChI=1S/C25H30F3N7O/c1-13-8-35(9-18(36-13)16(6-29)7-30-17-4-5-17)22-33-20(19-21(34-22)32-15(3)14(2)31-19)23-10-24(11-23,12-23)25(26,27)28/h6-7,13,17-18H,4-5,8-12,29H2,1-3H3/b16-6+,30-7?/t13-,18+,23?,24?/m0/s1. The van der Waals surface area contributed by atoms with E-state index in [0.717, 1.165) is 29.8 Å². The molecule has 5 fully saturated rings. The molecule has 5 aliphatic rings. The second-order valence-corrected chi connectivity index (χ2v) is 11.0. The van der Waals surface area contributed by atoms with Crippen LogP contribution in [0.4, 0.5) is 19.1 Å². The number of morpholine rings is 1. The van der Waals surface area contributed by atoms with Gasteiger partial charge in [0.25, 0.3) is 0 Å². The summed E-state index contributed by atoms with van der Waals surface area (Å²) in [6.45, 7) is 6.66. The Morgan fingerprint density at radius 2 is 1.78 bits per heavy atom. The van der Waals surface area contributed by atoms with Crippen molar-refractivity contribution >= 4 is 23.3 Å². The highest BCUT2D eigenvalue weighted by atomic mass is 19.4. The number of ether oxygens (including phenoxy) is 1. The number of nitrogens with two attached hydrogens (primary N) is 1. The van der Waals surface area contributed by atoms with Crippen LogP contribution in [-0.4, -0.2) is 63.7 Å². The van der Waals surface area contributed by atoms with Crippen molar-refractivity contribution in [3.8, 4) is 0 Å². The average Bonchev–Trinajstić information content (AvgIpc) is 3.56. The largest absolute Gasteiger partial charge is 0.404 e. The Hall–Kier alpha value is -2.82. The van der Waals surface area contributed by atoms with Crippen LogP contribution in [0.3, 0.4) is 0 Å². The van der Waals surface area contributed by atoms with Crippen molar-refractivity contribution in [1.29, 1.82) is 0 Å². The maximum atomic E-state index is 13.6. The van der Waals surface area contributed by atoms with Crippen molar-refractivity contribution in [3.63, 3.8) is 0 Å². The van der Waals surface area contributed by atoms with E-state index in [1.165, 1.54) is 6.20 Å². The van der Waals surface area contributed by atoms with Crippen LogP contribution in [0.2, 0.25) is 0 Å². The van der Waals surface area contributed by atoms with E-state index in [0.29, 0.717) is 41.9 Å². The Kier molecular flexibility index (Phi) is 5.13. The predicted molar refractivity (Wildman–Crippen MR) is 129 cm³/mol. The summed E-state index contributed by atoms with van der Waals surface area (Å²) in [6, 6.07) is 0.363. The normalized spacial score (nSPS) is 32.6. The number of hydrogen-bond acceptors (Lipinski definition) is 8. The van der Waals surface area contributed by atoms with E-state index in [1.54, 1.807) is 6.21 Å². The molecule has 192 valence electrons. The van der Waals surface area contributed by atoms with Crippen LogP contribution >= 0.6 is 0 Å². The molecule has 0 unspecified atom stereocenters. The number of aliphatic imine (C=N–C) groups is 1. The highest BCUT2D eigenvalue weighted by molar-refractivity contribution is 5.80. The Bertz CT molecular complexity index is 1270. The fraction of sp³-hybridized carbons (Fsp3) is 0.640. The van der Waals surface area contributed by atoms with E-state index < -0.39 is 17.0 Å². The van der Waals surface area contributed by atoms with Gasteiger partial charge in [-0.3, -0.25) is 4.99 Å². The molecule has 4 aliphatic carbocycles. The zero-order chi connectivity index (χ0) is 25.5. The van der Waals surface area contributed by atoms with Crippen LogP contribution in [0.25, 0.3) is 11.2 Å². The van der Waals surface area contributed by atoms with Crippen LogP contribution in [0.5, 0.6) is 0 Å². The van der Waals surface area contributed by atoms with Gasteiger partial charge >= 0.3 is 6.18 Å². The Balaban J connectivity index is 1.36. The monoisotopic (exact) mass is 501 g/mol. The minimum Gasteiger partial charge on any atom is -0.404 e. The molecule has 2 aromatic rings. The summed E-state index contributed by atoms with van der Waals surface area (Å²) in [5.74, 6) is 0.441. The first kappa shape index (κ1) is 23.6. The molecule has 0 aromatic carbocycles. The van der Waals surface area contributed by atoms with Crippen LogP contribution in [0.1, 0.15) is 56.1 Å². The van der Waals surface area contributed by atoms with Crippen LogP contribution in [0.15, 0.2) is 16.8 Å². The Morgan fingerprint density at radius 1 is 1.08 bits per heavy atom. The molecule has 2 bridgehead atoms. The fourth-order valence-corrected chi connectivity index (χ4v) is 5.90. The van der Waals surface area contributed by atoms with Crippen LogP contribution in [-0.2, 0) is 10.2 Å². The summed E-state index contributed by atoms with van der Waals surface area (Å²) < 4.78 is 47.0. The quantitative estimate of drug-likeness (QED) is 0.624. The number of nitrogens with zero attached hydrogens (tertiary/aromatic N) is 6. The Morgan fingerprint density at radius 3 is 2.42 bits per heavy atom. The molecule has 4 saturated carbocycles. The molecule has 8 nitrogen and oxygen atoms in total. The first-order valence-corrected chi connectivity index (χ1v) is 12.5. The lowest BCUT2D eigenvalue weighted by molar-refractivity contribution is -0.337. The summed E-state index contributed by atoms with van der Waals surface area (Å²) in [7, 11) is 0. The summed E-state index contributed by atoms with van der Waals surface area (Å²) in [4.78, 5) is 25.5. The molecule has 0 radical (unpaired) electrons. The van der Waals surface area contributed by atoms with E-state index in [2.05, 4.69) is 15.0 Å². The van der Waals surface area contributed by atoms with Crippen molar-refractivity contribution < 1.29 is 17.9 Å². The van der Waals surface area contributed by atoms with Crippen molar-refractivity contribution in [2.75, 3.05) is 18.0 Å². The minimum absolute atomic E-state index is 0.0451. The van der Waals surface area contributed by atoms with E-state index in [4.69, 9.17) is 20.4 Å². The lowest BCUT2D eigenvalue weighted by atomic mass is 9.34. The number of hydrogen-bond donors (Lipinski definition) is 1. The van der Waals surface area contributed by atoms with Gasteiger partial charge in [-0.2, -0.15) is 18.2 Å². The molecular formula is C25H30F3N7O. The average molecular weight is 502 g/mol. The van der Waals surface area contributed by atoms with Gasteiger partial charge < -0.3 is 15.4 Å². The molecule has 7 rings (SSSR count). The van der Waals surface area contributed by atoms with Gasteiger partial charge in [-0.1, -0.05) is 0 Å². The fourth-order valence-electron chi connectivity index (χ4n) is 5.90. The molecule has 1 saturated heterocycles. The number of alkyl halides is 3. The highest BCUT2D eigenvalue weighted by Crippen LogP contribution is 2.78. The highest BCUT2D eigenvalue weighted by Gasteiger charge is 2.79. The first-order valence-electron chi connectivity index (χ1n) is 12.5. The number of halogens is 3. The summed E-state index contributed by atoms with van der Waals surface area (Å²) in [6.07, 6.45) is 0.982. The van der Waals surface area contributed by atoms with Gasteiger partial charge in [0.15, 0.2) is 5.65 Å². The van der Waals surface area contributed by atoms with Crippen LogP contribution in [0, 0.1) is 19.3 Å². The molecule has 2 aromatic heterocycles. The second-order valence-electron chi connectivity index (χ2n) is 11.0. The topological polar surface area (TPSA) is 102 Å². The van der Waals surface area contributed by atoms with Gasteiger partial charge in [0.05, 0.1) is 41.2 Å². The number of aryl methyl sites for hydroxylation is 2. The number of aromatic nitrogens is 4. The van der Waals surface area contributed by atoms with E-state index in [-0.39, 0.29) is 31.5 Å². The van der Waals surface area contributed by atoms with E-state index in [1.807, 2.05) is 25.7 Å². The van der Waals surface area contributed by atoms with Gasteiger partial charge in [0, 0.05) is 29.9 Å². The van der Waals surface area contributed by atoms with Gasteiger partial charge in [-0.25, -0.2) is 15.0 Å². The molecule has 1 aliphatic heterocycles. The molecular weight excluding hydrogens is 471 g/mol. The molecule has 0 amide bonds. The van der Waals surface area contributed by atoms with Gasteiger partial charge in [0.1, 0.15) is 11.6 Å². The second kappa shape index (κ2) is 7.84. The van der Waals surface area contributed by atoms with Gasteiger partial charge in [-0.05, 0) is 52.9 Å². The predicted octanol–water partition coefficient (Wildman–Crippen LogP) is 3.69.